The summed E-state index contributed by atoms with van der Waals surface area (Å²) >= 11 is 0. The summed E-state index contributed by atoms with van der Waals surface area (Å²) in [4.78, 5) is 27.1. The summed E-state index contributed by atoms with van der Waals surface area (Å²) in [6.07, 6.45) is 6.52. The van der Waals surface area contributed by atoms with Crippen LogP contribution in [-0.4, -0.2) is 53.6 Å². The second-order valence-electron chi connectivity index (χ2n) is 6.95. The molecule has 5 heteroatoms. The summed E-state index contributed by atoms with van der Waals surface area (Å²) in [5.41, 5.74) is -0.450. The van der Waals surface area contributed by atoms with E-state index in [2.05, 4.69) is 5.92 Å². The Hall–Kier alpha value is -1.70. The van der Waals surface area contributed by atoms with Crippen molar-refractivity contribution in [2.24, 2.45) is 11.8 Å². The number of carbonyl (C=O) groups is 2. The minimum Gasteiger partial charge on any atom is -0.444 e. The van der Waals surface area contributed by atoms with Crippen LogP contribution in [0, 0.1) is 24.2 Å². The van der Waals surface area contributed by atoms with Crippen LogP contribution >= 0.6 is 0 Å². The van der Waals surface area contributed by atoms with Gasteiger partial charge in [-0.3, -0.25) is 4.79 Å². The van der Waals surface area contributed by atoms with Gasteiger partial charge in [0.1, 0.15) is 5.60 Å². The first kappa shape index (κ1) is 15.7. The van der Waals surface area contributed by atoms with Gasteiger partial charge < -0.3 is 14.5 Å². The highest BCUT2D eigenvalue weighted by Gasteiger charge is 2.35. The Morgan fingerprint density at radius 3 is 2.57 bits per heavy atom. The molecule has 0 bridgehead atoms. The van der Waals surface area contributed by atoms with Crippen molar-refractivity contribution >= 4 is 12.0 Å². The summed E-state index contributed by atoms with van der Waals surface area (Å²) < 4.78 is 5.31. The molecule has 2 heterocycles. The first-order valence-corrected chi connectivity index (χ1v) is 7.50. The van der Waals surface area contributed by atoms with Gasteiger partial charge in [-0.05, 0) is 33.1 Å². The lowest BCUT2D eigenvalue weighted by atomic mass is 9.97. The molecule has 2 saturated heterocycles. The number of likely N-dealkylation sites (tertiary alicyclic amines) is 2. The van der Waals surface area contributed by atoms with Crippen molar-refractivity contribution in [3.63, 3.8) is 0 Å². The number of nitrogens with zero attached hydrogens (tertiary/aromatic N) is 2. The quantitative estimate of drug-likeness (QED) is 0.744. The number of hydrogen-bond acceptors (Lipinski definition) is 3. The monoisotopic (exact) mass is 292 g/mol. The first-order valence-electron chi connectivity index (χ1n) is 7.50. The van der Waals surface area contributed by atoms with Gasteiger partial charge in [-0.25, -0.2) is 4.79 Å². The largest absolute Gasteiger partial charge is 0.444 e. The molecular formula is C16H24N2O3. The molecule has 2 fully saturated rings. The Morgan fingerprint density at radius 1 is 1.38 bits per heavy atom. The van der Waals surface area contributed by atoms with Crippen LogP contribution in [0.1, 0.15) is 33.6 Å². The van der Waals surface area contributed by atoms with E-state index in [-0.39, 0.29) is 17.9 Å². The van der Waals surface area contributed by atoms with E-state index >= 15 is 0 Å². The second kappa shape index (κ2) is 5.97. The van der Waals surface area contributed by atoms with Crippen molar-refractivity contribution in [2.45, 2.75) is 39.2 Å². The molecule has 0 saturated carbocycles. The maximum atomic E-state index is 11.8. The highest BCUT2D eigenvalue weighted by molar-refractivity contribution is 5.79. The van der Waals surface area contributed by atoms with Crippen LogP contribution in [0.3, 0.4) is 0 Å². The third kappa shape index (κ3) is 4.13. The number of carbonyl (C=O) groups excluding carboxylic acids is 2. The van der Waals surface area contributed by atoms with Crippen molar-refractivity contribution in [3.8, 4) is 12.3 Å². The zero-order valence-corrected chi connectivity index (χ0v) is 13.1. The maximum Gasteiger partial charge on any atom is 0.410 e. The molecule has 2 amide bonds. The molecule has 2 aliphatic rings. The molecule has 0 aliphatic carbocycles. The SMILES string of the molecule is C#CC1CC(=O)N(CCC2CN(C(=O)OC(C)(C)C)C2)C1. The molecule has 5 nitrogen and oxygen atoms in total. The van der Waals surface area contributed by atoms with E-state index < -0.39 is 5.60 Å². The van der Waals surface area contributed by atoms with Crippen LogP contribution in [0.25, 0.3) is 0 Å². The van der Waals surface area contributed by atoms with Crippen LogP contribution in [0.2, 0.25) is 0 Å². The molecule has 0 spiro atoms. The van der Waals surface area contributed by atoms with Crippen LogP contribution in [0.4, 0.5) is 4.79 Å². The van der Waals surface area contributed by atoms with Gasteiger partial charge in [0.05, 0.1) is 0 Å². The Labute approximate surface area is 126 Å². The van der Waals surface area contributed by atoms with Crippen LogP contribution in [0.15, 0.2) is 0 Å². The lowest BCUT2D eigenvalue weighted by Crippen LogP contribution is -2.52. The van der Waals surface area contributed by atoms with Crippen molar-refractivity contribution in [2.75, 3.05) is 26.2 Å². The molecule has 2 rings (SSSR count). The standard InChI is InChI=1S/C16H24N2O3/c1-5-12-8-14(19)17(9-12)7-6-13-10-18(11-13)15(20)21-16(2,3)4/h1,12-13H,6-11H2,2-4H3. The summed E-state index contributed by atoms with van der Waals surface area (Å²) in [5, 5.41) is 0. The molecule has 0 aromatic heterocycles. The predicted octanol–water partition coefficient (Wildman–Crippen LogP) is 1.73. The summed E-state index contributed by atoms with van der Waals surface area (Å²) in [6, 6.07) is 0. The first-order chi connectivity index (χ1) is 9.78. The van der Waals surface area contributed by atoms with Crippen LogP contribution < -0.4 is 0 Å². The lowest BCUT2D eigenvalue weighted by molar-refractivity contribution is -0.128. The summed E-state index contributed by atoms with van der Waals surface area (Å²) in [5.74, 6) is 3.33. The van der Waals surface area contributed by atoms with E-state index in [1.165, 1.54) is 0 Å². The van der Waals surface area contributed by atoms with Gasteiger partial charge >= 0.3 is 6.09 Å². The van der Waals surface area contributed by atoms with Crippen LogP contribution in [-0.2, 0) is 9.53 Å². The average molecular weight is 292 g/mol. The van der Waals surface area contributed by atoms with Gasteiger partial charge in [-0.15, -0.1) is 12.3 Å². The van der Waals surface area contributed by atoms with E-state index in [9.17, 15) is 9.59 Å². The third-order valence-electron chi connectivity index (χ3n) is 3.87. The molecule has 2 aliphatic heterocycles. The smallest absolute Gasteiger partial charge is 0.410 e. The molecule has 1 unspecified atom stereocenters. The zero-order valence-electron chi connectivity index (χ0n) is 13.1. The van der Waals surface area contributed by atoms with E-state index in [1.807, 2.05) is 25.7 Å². The fourth-order valence-electron chi connectivity index (χ4n) is 2.67. The number of ether oxygens (including phenoxy) is 1. The highest BCUT2D eigenvalue weighted by atomic mass is 16.6. The third-order valence-corrected chi connectivity index (χ3v) is 3.87. The minimum absolute atomic E-state index is 0.0668. The number of rotatable bonds is 3. The van der Waals surface area contributed by atoms with E-state index in [0.717, 1.165) is 26.1 Å². The Balaban J connectivity index is 1.66. The van der Waals surface area contributed by atoms with Gasteiger partial charge in [0, 0.05) is 38.5 Å². The van der Waals surface area contributed by atoms with Crippen molar-refractivity contribution in [1.29, 1.82) is 0 Å². The van der Waals surface area contributed by atoms with Crippen molar-refractivity contribution < 1.29 is 14.3 Å². The van der Waals surface area contributed by atoms with Crippen LogP contribution in [0.5, 0.6) is 0 Å². The van der Waals surface area contributed by atoms with Gasteiger partial charge in [0.25, 0.3) is 0 Å². The number of amides is 2. The van der Waals surface area contributed by atoms with E-state index in [1.54, 1.807) is 4.90 Å². The van der Waals surface area contributed by atoms with Gasteiger partial charge in [-0.1, -0.05) is 0 Å². The van der Waals surface area contributed by atoms with E-state index in [0.29, 0.717) is 18.9 Å². The fraction of sp³-hybridized carbons (Fsp3) is 0.750. The highest BCUT2D eigenvalue weighted by Crippen LogP contribution is 2.24. The van der Waals surface area contributed by atoms with Crippen molar-refractivity contribution in [3.05, 3.63) is 0 Å². The predicted molar refractivity (Wildman–Crippen MR) is 79.4 cm³/mol. The Bertz CT molecular complexity index is 455. The molecule has 0 N–H and O–H groups in total. The molecule has 0 aromatic carbocycles. The average Bonchev–Trinajstić information content (AvgIpc) is 2.66. The Morgan fingerprint density at radius 2 is 2.05 bits per heavy atom. The van der Waals surface area contributed by atoms with Crippen molar-refractivity contribution in [1.82, 2.24) is 9.80 Å². The van der Waals surface area contributed by atoms with Gasteiger partial charge in [0.15, 0.2) is 0 Å². The summed E-state index contributed by atoms with van der Waals surface area (Å²) in [7, 11) is 0. The van der Waals surface area contributed by atoms with E-state index in [4.69, 9.17) is 11.2 Å². The normalized spacial score (nSPS) is 23.0. The molecule has 1 atom stereocenters. The minimum atomic E-state index is -0.450. The van der Waals surface area contributed by atoms with Gasteiger partial charge in [0.2, 0.25) is 5.91 Å². The molecule has 0 radical (unpaired) electrons. The lowest BCUT2D eigenvalue weighted by Gasteiger charge is -2.40. The summed E-state index contributed by atoms with van der Waals surface area (Å²) in [6.45, 7) is 8.45. The maximum absolute atomic E-state index is 11.8. The fourth-order valence-corrected chi connectivity index (χ4v) is 2.67. The molecule has 116 valence electrons. The topological polar surface area (TPSA) is 49.9 Å². The van der Waals surface area contributed by atoms with Gasteiger partial charge in [-0.2, -0.15) is 0 Å². The number of hydrogen-bond donors (Lipinski definition) is 0. The zero-order chi connectivity index (χ0) is 15.6. The second-order valence-corrected chi connectivity index (χ2v) is 6.95. The molecular weight excluding hydrogens is 268 g/mol. The number of terminal acetylenes is 1. The molecule has 21 heavy (non-hydrogen) atoms. The molecule has 0 aromatic rings. The Kier molecular flexibility index (Phi) is 4.46.